The summed E-state index contributed by atoms with van der Waals surface area (Å²) in [6, 6.07) is 5.51. The zero-order chi connectivity index (χ0) is 24.1. The first kappa shape index (κ1) is 23.7. The lowest BCUT2D eigenvalue weighted by Crippen LogP contribution is -2.45. The third-order valence-corrected chi connectivity index (χ3v) is 9.02. The Bertz CT molecular complexity index is 968. The maximum absolute atomic E-state index is 14.2. The van der Waals surface area contributed by atoms with Crippen molar-refractivity contribution in [1.82, 2.24) is 4.90 Å². The number of ether oxygens (including phenoxy) is 1. The Morgan fingerprint density at radius 2 is 2.00 bits per heavy atom. The Hall–Kier alpha value is -2.02. The van der Waals surface area contributed by atoms with E-state index in [1.54, 1.807) is 6.07 Å². The second-order valence-corrected chi connectivity index (χ2v) is 10.8. The standard InChI is InChI=1S/C27H34F3NO3/c1-26-10-9-21-20-8-6-19(32)15-17(20)5-7-22(21)25(26)18(16-23(26)27(28,29)30)3-2-4-24(33)31-11-13-34-14-12-31/h6,8,15-16,18,21-22,25,32H,2-5,7,9-14H2,1H3/t18-,21?,22?,25?,26-/m1/s1. The van der Waals surface area contributed by atoms with Crippen molar-refractivity contribution in [3.8, 4) is 5.75 Å². The molecule has 0 bridgehead atoms. The molecule has 5 rings (SSSR count). The van der Waals surface area contributed by atoms with Crippen LogP contribution in [0, 0.1) is 23.2 Å². The minimum Gasteiger partial charge on any atom is -0.508 e. The number of aryl methyl sites for hydroxylation is 1. The average molecular weight is 478 g/mol. The number of hydrogen-bond acceptors (Lipinski definition) is 3. The van der Waals surface area contributed by atoms with Crippen LogP contribution in [0.4, 0.5) is 13.2 Å². The number of phenols is 1. The van der Waals surface area contributed by atoms with E-state index in [4.69, 9.17) is 4.74 Å². The highest BCUT2D eigenvalue weighted by molar-refractivity contribution is 5.76. The molecule has 34 heavy (non-hydrogen) atoms. The number of halogens is 3. The number of morpholine rings is 1. The van der Waals surface area contributed by atoms with Gasteiger partial charge in [-0.2, -0.15) is 13.2 Å². The van der Waals surface area contributed by atoms with Crippen LogP contribution in [-0.2, 0) is 16.0 Å². The lowest BCUT2D eigenvalue weighted by atomic mass is 9.52. The minimum absolute atomic E-state index is 0.0664. The smallest absolute Gasteiger partial charge is 0.412 e. The Morgan fingerprint density at radius 1 is 1.24 bits per heavy atom. The third-order valence-electron chi connectivity index (χ3n) is 9.02. The number of nitrogens with zero attached hydrogens (tertiary/aromatic N) is 1. The molecule has 1 amide bonds. The summed E-state index contributed by atoms with van der Waals surface area (Å²) in [6.45, 7) is 4.13. The van der Waals surface area contributed by atoms with E-state index in [9.17, 15) is 23.1 Å². The molecular weight excluding hydrogens is 443 g/mol. The van der Waals surface area contributed by atoms with Gasteiger partial charge in [-0.25, -0.2) is 0 Å². The molecule has 7 heteroatoms. The summed E-state index contributed by atoms with van der Waals surface area (Å²) in [4.78, 5) is 14.4. The van der Waals surface area contributed by atoms with E-state index in [-0.39, 0.29) is 40.9 Å². The van der Waals surface area contributed by atoms with E-state index in [1.165, 1.54) is 11.6 Å². The van der Waals surface area contributed by atoms with Gasteiger partial charge in [0.05, 0.1) is 13.2 Å². The normalized spacial score (nSPS) is 33.1. The summed E-state index contributed by atoms with van der Waals surface area (Å²) in [5, 5.41) is 9.91. The van der Waals surface area contributed by atoms with Crippen molar-refractivity contribution < 1.29 is 27.8 Å². The first-order chi connectivity index (χ1) is 16.2. The molecule has 1 saturated heterocycles. The fourth-order valence-corrected chi connectivity index (χ4v) is 7.57. The molecule has 1 saturated carbocycles. The maximum atomic E-state index is 14.2. The predicted octanol–water partition coefficient (Wildman–Crippen LogP) is 5.60. The molecule has 186 valence electrons. The zero-order valence-electron chi connectivity index (χ0n) is 19.7. The van der Waals surface area contributed by atoms with Crippen molar-refractivity contribution in [3.05, 3.63) is 41.0 Å². The highest BCUT2D eigenvalue weighted by Gasteiger charge is 2.60. The summed E-state index contributed by atoms with van der Waals surface area (Å²) in [6.07, 6.45) is 1.71. The molecule has 1 aliphatic heterocycles. The maximum Gasteiger partial charge on any atom is 0.412 e. The van der Waals surface area contributed by atoms with Gasteiger partial charge in [-0.3, -0.25) is 4.79 Å². The van der Waals surface area contributed by atoms with Gasteiger partial charge in [-0.15, -0.1) is 0 Å². The minimum atomic E-state index is -4.32. The van der Waals surface area contributed by atoms with Gasteiger partial charge in [0.2, 0.25) is 5.91 Å². The van der Waals surface area contributed by atoms with Crippen LogP contribution in [0.3, 0.4) is 0 Å². The van der Waals surface area contributed by atoms with Crippen molar-refractivity contribution >= 4 is 5.91 Å². The number of fused-ring (bicyclic) bond motifs is 5. The first-order valence-electron chi connectivity index (χ1n) is 12.7. The van der Waals surface area contributed by atoms with Crippen LogP contribution in [0.1, 0.15) is 62.5 Å². The van der Waals surface area contributed by atoms with Crippen molar-refractivity contribution in [3.63, 3.8) is 0 Å². The van der Waals surface area contributed by atoms with E-state index in [1.807, 2.05) is 24.0 Å². The molecule has 1 heterocycles. The van der Waals surface area contributed by atoms with Crippen LogP contribution in [-0.4, -0.2) is 48.4 Å². The molecule has 0 aromatic heterocycles. The van der Waals surface area contributed by atoms with Crippen molar-refractivity contribution in [2.45, 2.75) is 64.0 Å². The summed E-state index contributed by atoms with van der Waals surface area (Å²) in [7, 11) is 0. The molecule has 0 radical (unpaired) electrons. The predicted molar refractivity (Wildman–Crippen MR) is 122 cm³/mol. The monoisotopic (exact) mass is 477 g/mol. The van der Waals surface area contributed by atoms with Gasteiger partial charge < -0.3 is 14.7 Å². The number of phenolic OH excluding ortho intramolecular Hbond substituents is 1. The molecule has 5 atom stereocenters. The van der Waals surface area contributed by atoms with Crippen LogP contribution in [0.25, 0.3) is 0 Å². The number of aromatic hydroxyl groups is 1. The molecule has 1 N–H and O–H groups in total. The van der Waals surface area contributed by atoms with E-state index in [0.29, 0.717) is 52.0 Å². The highest BCUT2D eigenvalue weighted by Crippen LogP contribution is 2.65. The lowest BCUT2D eigenvalue weighted by Gasteiger charge is -2.52. The number of carbonyl (C=O) groups excluding carboxylic acids is 1. The van der Waals surface area contributed by atoms with Gasteiger partial charge in [-0.1, -0.05) is 19.1 Å². The number of hydrogen-bond donors (Lipinski definition) is 1. The molecule has 4 aliphatic rings. The molecule has 4 nitrogen and oxygen atoms in total. The van der Waals surface area contributed by atoms with Crippen LogP contribution in [0.15, 0.2) is 29.8 Å². The van der Waals surface area contributed by atoms with E-state index >= 15 is 0 Å². The topological polar surface area (TPSA) is 49.8 Å². The fourth-order valence-electron chi connectivity index (χ4n) is 7.57. The lowest BCUT2D eigenvalue weighted by molar-refractivity contribution is -0.135. The molecular formula is C27H34F3NO3. The van der Waals surface area contributed by atoms with Crippen molar-refractivity contribution in [1.29, 1.82) is 0 Å². The SMILES string of the molecule is C[C@]12CCC3c4ccc(O)cc4CCC3C1[C@H](CCCC(=O)N1CCOCC1)C=C2C(F)(F)F. The van der Waals surface area contributed by atoms with Gasteiger partial charge in [0.15, 0.2) is 0 Å². The molecule has 1 aromatic rings. The number of carbonyl (C=O) groups is 1. The number of amides is 1. The second kappa shape index (κ2) is 8.89. The molecule has 3 aliphatic carbocycles. The second-order valence-electron chi connectivity index (χ2n) is 10.8. The zero-order valence-corrected chi connectivity index (χ0v) is 19.7. The van der Waals surface area contributed by atoms with Crippen LogP contribution < -0.4 is 0 Å². The first-order valence-corrected chi connectivity index (χ1v) is 12.7. The number of allylic oxidation sites excluding steroid dienone is 2. The Labute approximate surface area is 199 Å². The Morgan fingerprint density at radius 3 is 2.74 bits per heavy atom. The summed E-state index contributed by atoms with van der Waals surface area (Å²) >= 11 is 0. The van der Waals surface area contributed by atoms with E-state index in [0.717, 1.165) is 24.8 Å². The third kappa shape index (κ3) is 4.14. The molecule has 2 fully saturated rings. The van der Waals surface area contributed by atoms with Gasteiger partial charge >= 0.3 is 6.18 Å². The van der Waals surface area contributed by atoms with Crippen molar-refractivity contribution in [2.75, 3.05) is 26.3 Å². The number of benzene rings is 1. The average Bonchev–Trinajstić information content (AvgIpc) is 3.12. The summed E-state index contributed by atoms with van der Waals surface area (Å²) in [5.74, 6) is 0.529. The Kier molecular flexibility index (Phi) is 6.20. The quantitative estimate of drug-likeness (QED) is 0.574. The highest BCUT2D eigenvalue weighted by atomic mass is 19.4. The Balaban J connectivity index is 1.36. The van der Waals surface area contributed by atoms with Crippen LogP contribution in [0.2, 0.25) is 0 Å². The van der Waals surface area contributed by atoms with Gasteiger partial charge in [0, 0.05) is 30.5 Å². The van der Waals surface area contributed by atoms with Gasteiger partial charge in [-0.05, 0) is 85.5 Å². The number of alkyl halides is 3. The summed E-state index contributed by atoms with van der Waals surface area (Å²) in [5.41, 5.74) is 1.13. The van der Waals surface area contributed by atoms with Crippen LogP contribution >= 0.6 is 0 Å². The molecule has 1 aromatic carbocycles. The largest absolute Gasteiger partial charge is 0.508 e. The van der Waals surface area contributed by atoms with Gasteiger partial charge in [0.1, 0.15) is 5.75 Å². The van der Waals surface area contributed by atoms with E-state index in [2.05, 4.69) is 0 Å². The molecule has 3 unspecified atom stereocenters. The van der Waals surface area contributed by atoms with Crippen molar-refractivity contribution in [2.24, 2.45) is 23.2 Å². The van der Waals surface area contributed by atoms with E-state index < -0.39 is 11.6 Å². The number of rotatable bonds is 4. The molecule has 0 spiro atoms. The summed E-state index contributed by atoms with van der Waals surface area (Å²) < 4.78 is 47.9. The van der Waals surface area contributed by atoms with Crippen LogP contribution in [0.5, 0.6) is 5.75 Å². The fraction of sp³-hybridized carbons (Fsp3) is 0.667. The van der Waals surface area contributed by atoms with Gasteiger partial charge in [0.25, 0.3) is 0 Å².